The Morgan fingerprint density at radius 1 is 1.45 bits per heavy atom. The highest BCUT2D eigenvalue weighted by Crippen LogP contribution is 2.28. The summed E-state index contributed by atoms with van der Waals surface area (Å²) in [6, 6.07) is 4.65. The van der Waals surface area contributed by atoms with Crippen LogP contribution in [0, 0.1) is 17.0 Å². The van der Waals surface area contributed by atoms with Crippen molar-refractivity contribution in [2.24, 2.45) is 0 Å². The van der Waals surface area contributed by atoms with Crippen molar-refractivity contribution >= 4 is 17.4 Å². The molecular weight excluding hydrogens is 306 g/mol. The second-order valence-electron chi connectivity index (χ2n) is 4.58. The smallest absolute Gasteiger partial charge is 0.311 e. The topological polar surface area (TPSA) is 98.1 Å². The molecule has 22 heavy (non-hydrogen) atoms. The first-order valence-electron chi connectivity index (χ1n) is 6.41. The van der Waals surface area contributed by atoms with Gasteiger partial charge in [-0.05, 0) is 24.8 Å². The number of rotatable bonds is 5. The van der Waals surface area contributed by atoms with E-state index in [2.05, 4.69) is 9.97 Å². The van der Waals surface area contributed by atoms with Crippen molar-refractivity contribution in [3.05, 3.63) is 55.5 Å². The maximum Gasteiger partial charge on any atom is 0.311 e. The summed E-state index contributed by atoms with van der Waals surface area (Å²) >= 11 is 1.35. The Labute approximate surface area is 130 Å². The zero-order chi connectivity index (χ0) is 16.3. The molecule has 1 heterocycles. The van der Waals surface area contributed by atoms with Crippen LogP contribution >= 0.6 is 11.8 Å². The molecule has 0 spiro atoms. The molecule has 2 rings (SSSR count). The van der Waals surface area contributed by atoms with E-state index in [1.54, 1.807) is 13.0 Å². The van der Waals surface area contributed by atoms with Crippen LogP contribution in [0.15, 0.2) is 28.2 Å². The number of aryl methyl sites for hydroxylation is 1. The predicted octanol–water partition coefficient (Wildman–Crippen LogP) is 2.31. The highest BCUT2D eigenvalue weighted by Gasteiger charge is 2.17. The van der Waals surface area contributed by atoms with Gasteiger partial charge in [0.05, 0.1) is 12.0 Å². The number of H-pyrrole nitrogens is 1. The molecular formula is C14H15N3O4S. The number of methoxy groups -OCH3 is 1. The minimum atomic E-state index is -0.505. The van der Waals surface area contributed by atoms with E-state index in [0.29, 0.717) is 22.0 Å². The fraction of sp³-hybridized carbons (Fsp3) is 0.286. The molecule has 0 aliphatic heterocycles. The maximum atomic E-state index is 12.1. The minimum absolute atomic E-state index is 0.122. The van der Waals surface area contributed by atoms with Crippen LogP contribution in [-0.2, 0) is 6.42 Å². The van der Waals surface area contributed by atoms with E-state index in [1.807, 2.05) is 6.26 Å². The number of hydrogen-bond acceptors (Lipinski definition) is 6. The van der Waals surface area contributed by atoms with Gasteiger partial charge >= 0.3 is 5.69 Å². The third-order valence-electron chi connectivity index (χ3n) is 3.21. The molecule has 0 atom stereocenters. The highest BCUT2D eigenvalue weighted by molar-refractivity contribution is 7.98. The van der Waals surface area contributed by atoms with Gasteiger partial charge in [-0.2, -0.15) is 0 Å². The maximum absolute atomic E-state index is 12.1. The first-order chi connectivity index (χ1) is 10.5. The van der Waals surface area contributed by atoms with E-state index in [-0.39, 0.29) is 23.4 Å². The van der Waals surface area contributed by atoms with E-state index < -0.39 is 4.92 Å². The monoisotopic (exact) mass is 321 g/mol. The summed E-state index contributed by atoms with van der Waals surface area (Å²) in [5, 5.41) is 11.6. The van der Waals surface area contributed by atoms with Crippen molar-refractivity contribution in [3.8, 4) is 5.75 Å². The van der Waals surface area contributed by atoms with Crippen molar-refractivity contribution in [2.45, 2.75) is 18.5 Å². The van der Waals surface area contributed by atoms with Crippen LogP contribution in [0.2, 0.25) is 0 Å². The SMILES string of the molecule is COc1ccc(Cc2c(C)nc(SC)[nH]c2=O)cc1[N+](=O)[O-]. The summed E-state index contributed by atoms with van der Waals surface area (Å²) in [6.45, 7) is 1.75. The van der Waals surface area contributed by atoms with Gasteiger partial charge in [0.2, 0.25) is 0 Å². The average molecular weight is 321 g/mol. The van der Waals surface area contributed by atoms with Crippen molar-refractivity contribution in [1.29, 1.82) is 0 Å². The van der Waals surface area contributed by atoms with Crippen LogP contribution in [-0.4, -0.2) is 28.3 Å². The average Bonchev–Trinajstić information content (AvgIpc) is 2.50. The van der Waals surface area contributed by atoms with E-state index >= 15 is 0 Å². The quantitative estimate of drug-likeness (QED) is 0.393. The largest absolute Gasteiger partial charge is 0.490 e. The Bertz CT molecular complexity index is 773. The minimum Gasteiger partial charge on any atom is -0.490 e. The Hall–Kier alpha value is -2.35. The summed E-state index contributed by atoms with van der Waals surface area (Å²) < 4.78 is 4.96. The fourth-order valence-electron chi connectivity index (χ4n) is 2.08. The number of aromatic amines is 1. The third kappa shape index (κ3) is 3.28. The Morgan fingerprint density at radius 3 is 2.73 bits per heavy atom. The molecule has 8 heteroatoms. The molecule has 0 unspecified atom stereocenters. The number of nitro benzene ring substituents is 1. The summed E-state index contributed by atoms with van der Waals surface area (Å²) in [4.78, 5) is 29.6. The van der Waals surface area contributed by atoms with Gasteiger partial charge in [0.1, 0.15) is 0 Å². The van der Waals surface area contributed by atoms with Crippen LogP contribution < -0.4 is 10.3 Å². The van der Waals surface area contributed by atoms with Gasteiger partial charge in [0, 0.05) is 23.7 Å². The lowest BCUT2D eigenvalue weighted by molar-refractivity contribution is -0.385. The number of hydrogen-bond donors (Lipinski definition) is 1. The van der Waals surface area contributed by atoms with Gasteiger partial charge in [-0.3, -0.25) is 14.9 Å². The Balaban J connectivity index is 2.42. The van der Waals surface area contributed by atoms with Crippen molar-refractivity contribution in [3.63, 3.8) is 0 Å². The van der Waals surface area contributed by atoms with Gasteiger partial charge in [-0.25, -0.2) is 4.98 Å². The number of ether oxygens (including phenoxy) is 1. The molecule has 2 aromatic rings. The molecule has 1 N–H and O–H groups in total. The molecule has 116 valence electrons. The first-order valence-corrected chi connectivity index (χ1v) is 7.63. The number of nitrogens with one attached hydrogen (secondary N) is 1. The normalized spacial score (nSPS) is 10.5. The molecule has 0 aliphatic carbocycles. The zero-order valence-electron chi connectivity index (χ0n) is 12.4. The highest BCUT2D eigenvalue weighted by atomic mass is 32.2. The van der Waals surface area contributed by atoms with Gasteiger partial charge in [0.15, 0.2) is 10.9 Å². The number of benzene rings is 1. The predicted molar refractivity (Wildman–Crippen MR) is 83.8 cm³/mol. The van der Waals surface area contributed by atoms with Gasteiger partial charge in [-0.1, -0.05) is 17.8 Å². The molecule has 0 bridgehead atoms. The number of nitrogens with zero attached hydrogens (tertiary/aromatic N) is 2. The second-order valence-corrected chi connectivity index (χ2v) is 5.37. The first kappa shape index (κ1) is 16.0. The summed E-state index contributed by atoms with van der Waals surface area (Å²) in [7, 11) is 1.38. The summed E-state index contributed by atoms with van der Waals surface area (Å²) in [5.74, 6) is 0.190. The fourth-order valence-corrected chi connectivity index (χ4v) is 2.50. The molecule has 1 aromatic heterocycles. The lowest BCUT2D eigenvalue weighted by Crippen LogP contribution is -2.17. The molecule has 0 fully saturated rings. The zero-order valence-corrected chi connectivity index (χ0v) is 13.2. The lowest BCUT2D eigenvalue weighted by atomic mass is 10.0. The van der Waals surface area contributed by atoms with Crippen LogP contribution in [0.25, 0.3) is 0 Å². The number of nitro groups is 1. The molecule has 0 amide bonds. The molecule has 1 aromatic carbocycles. The Morgan fingerprint density at radius 2 is 2.18 bits per heavy atom. The number of aromatic nitrogens is 2. The number of thioether (sulfide) groups is 1. The van der Waals surface area contributed by atoms with Crippen LogP contribution in [0.1, 0.15) is 16.8 Å². The Kier molecular flexibility index (Phi) is 4.81. The van der Waals surface area contributed by atoms with Gasteiger partial charge in [0.25, 0.3) is 5.56 Å². The van der Waals surface area contributed by atoms with E-state index in [1.165, 1.54) is 31.0 Å². The van der Waals surface area contributed by atoms with Crippen molar-refractivity contribution in [1.82, 2.24) is 9.97 Å². The molecule has 7 nitrogen and oxygen atoms in total. The van der Waals surface area contributed by atoms with Gasteiger partial charge < -0.3 is 9.72 Å². The van der Waals surface area contributed by atoms with Crippen molar-refractivity contribution < 1.29 is 9.66 Å². The van der Waals surface area contributed by atoms with Crippen LogP contribution in [0.4, 0.5) is 5.69 Å². The van der Waals surface area contributed by atoms with Crippen LogP contribution in [0.5, 0.6) is 5.75 Å². The molecule has 0 saturated carbocycles. The molecule has 0 saturated heterocycles. The standard InChI is InChI=1S/C14H15N3O4S/c1-8-10(13(18)16-14(15-8)22-3)6-9-4-5-12(21-2)11(7-9)17(19)20/h4-5,7H,6H2,1-3H3,(H,15,16,18). The molecule has 0 aliphatic rings. The summed E-state index contributed by atoms with van der Waals surface area (Å²) in [6.07, 6.45) is 2.10. The lowest BCUT2D eigenvalue weighted by Gasteiger charge is -2.07. The summed E-state index contributed by atoms with van der Waals surface area (Å²) in [5.41, 5.74) is 1.42. The van der Waals surface area contributed by atoms with Crippen molar-refractivity contribution in [2.75, 3.05) is 13.4 Å². The van der Waals surface area contributed by atoms with E-state index in [4.69, 9.17) is 4.74 Å². The van der Waals surface area contributed by atoms with E-state index in [9.17, 15) is 14.9 Å². The van der Waals surface area contributed by atoms with Crippen LogP contribution in [0.3, 0.4) is 0 Å². The third-order valence-corrected chi connectivity index (χ3v) is 3.79. The van der Waals surface area contributed by atoms with E-state index in [0.717, 1.165) is 0 Å². The second kappa shape index (κ2) is 6.61. The van der Waals surface area contributed by atoms with Gasteiger partial charge in [-0.15, -0.1) is 0 Å². The molecule has 0 radical (unpaired) electrons.